The topological polar surface area (TPSA) is 76.4 Å². The molecule has 1 aromatic rings. The predicted molar refractivity (Wildman–Crippen MR) is 128 cm³/mol. The molecule has 10 heteroatoms. The van der Waals surface area contributed by atoms with E-state index >= 15 is 0 Å². The number of nitrogens with one attached hydrogen (secondary N) is 1. The summed E-state index contributed by atoms with van der Waals surface area (Å²) in [5.74, 6) is -0.324. The molecule has 1 spiro atoms. The number of amides is 2. The summed E-state index contributed by atoms with van der Waals surface area (Å²) >= 11 is 5.67. The Bertz CT molecular complexity index is 1180. The Balaban J connectivity index is 1.62. The molecular formula is C25H25F3N4O2S. The van der Waals surface area contributed by atoms with Crippen LogP contribution in [0.1, 0.15) is 62.5 Å². The Morgan fingerprint density at radius 2 is 2.00 bits per heavy atom. The number of carbonyl (C=O) groups is 2. The summed E-state index contributed by atoms with van der Waals surface area (Å²) in [5.41, 5.74) is -0.379. The molecule has 2 fully saturated rings. The SMILES string of the molecule is CNC(=O)CCCC1=CC=C(N2C(=S)N(c3ccc(C#N)c(C(F)(F)F)c3)C(=O)C23CCC3)CC1. The van der Waals surface area contributed by atoms with Gasteiger partial charge in [-0.25, -0.2) is 0 Å². The van der Waals surface area contributed by atoms with E-state index in [0.717, 1.165) is 43.5 Å². The van der Waals surface area contributed by atoms with Crippen LogP contribution in [0.5, 0.6) is 0 Å². The number of hydrogen-bond donors (Lipinski definition) is 1. The van der Waals surface area contributed by atoms with Gasteiger partial charge >= 0.3 is 6.18 Å². The van der Waals surface area contributed by atoms with Crippen molar-refractivity contribution in [3.05, 3.63) is 52.7 Å². The Morgan fingerprint density at radius 1 is 1.26 bits per heavy atom. The van der Waals surface area contributed by atoms with Crippen molar-refractivity contribution in [2.75, 3.05) is 11.9 Å². The molecule has 0 bridgehead atoms. The fourth-order valence-corrected chi connectivity index (χ4v) is 5.40. The normalized spacial score (nSPS) is 19.3. The van der Waals surface area contributed by atoms with Gasteiger partial charge in [-0.15, -0.1) is 0 Å². The number of anilines is 1. The van der Waals surface area contributed by atoms with Crippen LogP contribution < -0.4 is 10.2 Å². The molecule has 2 amide bonds. The smallest absolute Gasteiger partial charge is 0.359 e. The van der Waals surface area contributed by atoms with E-state index in [0.29, 0.717) is 25.7 Å². The van der Waals surface area contributed by atoms with Crippen LogP contribution in [0, 0.1) is 11.3 Å². The summed E-state index contributed by atoms with van der Waals surface area (Å²) < 4.78 is 40.6. The third-order valence-electron chi connectivity index (χ3n) is 6.96. The maximum atomic E-state index is 13.6. The second kappa shape index (κ2) is 9.46. The standard InChI is InChI=1S/C25H25F3N4O2S/c1-30-21(33)5-2-4-16-6-9-18(10-7-16)32-23(35)31(22(34)24(32)12-3-13-24)19-11-8-17(15-29)20(14-19)25(26,27)28/h6,8-9,11,14H,2-5,7,10,12-13H2,1H3,(H,30,33). The lowest BCUT2D eigenvalue weighted by Gasteiger charge is -2.44. The minimum atomic E-state index is -4.73. The van der Waals surface area contributed by atoms with E-state index < -0.39 is 22.8 Å². The van der Waals surface area contributed by atoms with Crippen LogP contribution in [0.4, 0.5) is 18.9 Å². The maximum absolute atomic E-state index is 13.6. The number of benzene rings is 1. The van der Waals surface area contributed by atoms with E-state index in [-0.39, 0.29) is 22.6 Å². The highest BCUT2D eigenvalue weighted by Gasteiger charge is 2.60. The number of thiocarbonyl (C=S) groups is 1. The molecule has 1 N–H and O–H groups in total. The molecule has 0 unspecified atom stereocenters. The lowest BCUT2D eigenvalue weighted by Crippen LogP contribution is -2.54. The van der Waals surface area contributed by atoms with Crippen LogP contribution in [0.25, 0.3) is 0 Å². The first kappa shape index (κ1) is 24.9. The molecule has 1 saturated carbocycles. The van der Waals surface area contributed by atoms with Crippen LogP contribution >= 0.6 is 12.2 Å². The Kier molecular flexibility index (Phi) is 6.73. The van der Waals surface area contributed by atoms with Gasteiger partial charge < -0.3 is 10.2 Å². The molecule has 2 aliphatic carbocycles. The second-order valence-electron chi connectivity index (χ2n) is 8.99. The molecule has 1 aliphatic heterocycles. The van der Waals surface area contributed by atoms with Crippen LogP contribution in [-0.4, -0.2) is 34.4 Å². The van der Waals surface area contributed by atoms with Gasteiger partial charge in [0, 0.05) is 19.2 Å². The minimum Gasteiger partial charge on any atom is -0.359 e. The number of rotatable bonds is 6. The third-order valence-corrected chi connectivity index (χ3v) is 7.33. The summed E-state index contributed by atoms with van der Waals surface area (Å²) in [6.45, 7) is 0. The number of carbonyl (C=O) groups excluding carboxylic acids is 2. The van der Waals surface area contributed by atoms with E-state index in [9.17, 15) is 22.8 Å². The fourth-order valence-electron chi connectivity index (χ4n) is 4.92. The number of nitrogens with zero attached hydrogens (tertiary/aromatic N) is 3. The van der Waals surface area contributed by atoms with Gasteiger partial charge in [0.1, 0.15) is 5.54 Å². The van der Waals surface area contributed by atoms with Crippen molar-refractivity contribution in [2.24, 2.45) is 0 Å². The van der Waals surface area contributed by atoms with Gasteiger partial charge in [-0.05, 0) is 81.4 Å². The highest BCUT2D eigenvalue weighted by molar-refractivity contribution is 7.80. The molecule has 4 rings (SSSR count). The van der Waals surface area contributed by atoms with E-state index in [4.69, 9.17) is 17.5 Å². The van der Waals surface area contributed by atoms with Gasteiger partial charge in [0.15, 0.2) is 5.11 Å². The number of nitriles is 1. The minimum absolute atomic E-state index is 0.00191. The monoisotopic (exact) mass is 502 g/mol. The van der Waals surface area contributed by atoms with Gasteiger partial charge in [-0.3, -0.25) is 14.5 Å². The zero-order valence-corrected chi connectivity index (χ0v) is 20.1. The zero-order valence-electron chi connectivity index (χ0n) is 19.2. The Morgan fingerprint density at radius 3 is 2.54 bits per heavy atom. The molecule has 184 valence electrons. The summed E-state index contributed by atoms with van der Waals surface area (Å²) in [6.07, 6.45) is 4.58. The van der Waals surface area contributed by atoms with Gasteiger partial charge in [0.25, 0.3) is 5.91 Å². The van der Waals surface area contributed by atoms with Gasteiger partial charge in [0.2, 0.25) is 5.91 Å². The second-order valence-corrected chi connectivity index (χ2v) is 9.36. The molecular weight excluding hydrogens is 477 g/mol. The van der Waals surface area contributed by atoms with Crippen molar-refractivity contribution in [2.45, 2.75) is 63.1 Å². The van der Waals surface area contributed by atoms with Crippen LogP contribution in [-0.2, 0) is 15.8 Å². The molecule has 1 aromatic carbocycles. The average molecular weight is 503 g/mol. The van der Waals surface area contributed by atoms with Gasteiger partial charge in [-0.1, -0.05) is 11.6 Å². The lowest BCUT2D eigenvalue weighted by molar-refractivity contribution is -0.138. The Hall–Kier alpha value is -3.19. The maximum Gasteiger partial charge on any atom is 0.417 e. The van der Waals surface area contributed by atoms with Crippen molar-refractivity contribution in [1.29, 1.82) is 5.26 Å². The number of alkyl halides is 3. The number of allylic oxidation sites excluding steroid dienone is 4. The van der Waals surface area contributed by atoms with Crippen molar-refractivity contribution >= 4 is 34.8 Å². The number of halogens is 3. The summed E-state index contributed by atoms with van der Waals surface area (Å²) in [4.78, 5) is 28.0. The van der Waals surface area contributed by atoms with Crippen molar-refractivity contribution in [3.63, 3.8) is 0 Å². The quantitative estimate of drug-likeness (QED) is 0.557. The first-order valence-corrected chi connectivity index (χ1v) is 11.9. The molecule has 1 saturated heterocycles. The molecule has 0 aromatic heterocycles. The summed E-state index contributed by atoms with van der Waals surface area (Å²) in [7, 11) is 1.61. The van der Waals surface area contributed by atoms with Gasteiger partial charge in [0.05, 0.1) is 22.9 Å². The largest absolute Gasteiger partial charge is 0.417 e. The van der Waals surface area contributed by atoms with Crippen LogP contribution in [0.2, 0.25) is 0 Å². The fraction of sp³-hybridized carbons (Fsp3) is 0.440. The van der Waals surface area contributed by atoms with E-state index in [2.05, 4.69) is 5.32 Å². The van der Waals surface area contributed by atoms with Crippen LogP contribution in [0.3, 0.4) is 0 Å². The van der Waals surface area contributed by atoms with Crippen molar-refractivity contribution in [3.8, 4) is 6.07 Å². The summed E-state index contributed by atoms with van der Waals surface area (Å²) in [6, 6.07) is 4.82. The Labute approximate surface area is 207 Å². The molecule has 0 radical (unpaired) electrons. The van der Waals surface area contributed by atoms with E-state index in [1.54, 1.807) is 13.1 Å². The van der Waals surface area contributed by atoms with Crippen LogP contribution in [0.15, 0.2) is 41.6 Å². The van der Waals surface area contributed by atoms with E-state index in [1.807, 2.05) is 17.1 Å². The highest BCUT2D eigenvalue weighted by atomic mass is 32.1. The number of hydrogen-bond acceptors (Lipinski definition) is 4. The molecule has 3 aliphatic rings. The third kappa shape index (κ3) is 4.45. The first-order valence-electron chi connectivity index (χ1n) is 11.5. The van der Waals surface area contributed by atoms with E-state index in [1.165, 1.54) is 16.5 Å². The average Bonchev–Trinajstić information content (AvgIpc) is 3.05. The predicted octanol–water partition coefficient (Wildman–Crippen LogP) is 4.95. The van der Waals surface area contributed by atoms with Crippen molar-refractivity contribution in [1.82, 2.24) is 10.2 Å². The molecule has 1 heterocycles. The van der Waals surface area contributed by atoms with Crippen molar-refractivity contribution < 1.29 is 22.8 Å². The first-order chi connectivity index (χ1) is 16.6. The molecule has 0 atom stereocenters. The lowest BCUT2D eigenvalue weighted by atomic mass is 9.75. The van der Waals surface area contributed by atoms with Gasteiger partial charge in [-0.2, -0.15) is 18.4 Å². The summed E-state index contributed by atoms with van der Waals surface area (Å²) in [5, 5.41) is 11.9. The zero-order chi connectivity index (χ0) is 25.4. The molecule has 6 nitrogen and oxygen atoms in total. The highest BCUT2D eigenvalue weighted by Crippen LogP contribution is 2.49. The molecule has 35 heavy (non-hydrogen) atoms.